The van der Waals surface area contributed by atoms with Gasteiger partial charge in [0, 0.05) is 0 Å². The Morgan fingerprint density at radius 3 is 2.32 bits per heavy atom. The van der Waals surface area contributed by atoms with E-state index in [0.29, 0.717) is 5.92 Å². The Hall–Kier alpha value is -1.49. The number of hydrogen-bond donors (Lipinski definition) is 0. The molecule has 0 heterocycles. The minimum absolute atomic E-state index is 0.0316. The maximum absolute atomic E-state index is 9.26. The molecule has 0 saturated heterocycles. The van der Waals surface area contributed by atoms with Crippen LogP contribution in [0.4, 0.5) is 0 Å². The Bertz CT molecular complexity index is 463. The van der Waals surface area contributed by atoms with Gasteiger partial charge in [0.25, 0.3) is 0 Å². The van der Waals surface area contributed by atoms with E-state index in [2.05, 4.69) is 52.8 Å². The van der Waals surface area contributed by atoms with Gasteiger partial charge in [0.1, 0.15) is 5.75 Å². The van der Waals surface area contributed by atoms with Crippen LogP contribution in [0.15, 0.2) is 18.2 Å². The Labute approximate surface area is 117 Å². The number of nitriles is 1. The van der Waals surface area contributed by atoms with E-state index in [1.165, 1.54) is 5.56 Å². The molecule has 104 valence electrons. The van der Waals surface area contributed by atoms with E-state index in [1.807, 2.05) is 6.07 Å². The zero-order valence-corrected chi connectivity index (χ0v) is 12.9. The lowest BCUT2D eigenvalue weighted by Gasteiger charge is -2.22. The van der Waals surface area contributed by atoms with E-state index in [0.717, 1.165) is 17.7 Å². The molecule has 0 saturated carbocycles. The first kappa shape index (κ1) is 15.6. The molecule has 1 aromatic carbocycles. The summed E-state index contributed by atoms with van der Waals surface area (Å²) in [6.45, 7) is 10.8. The molecule has 0 aliphatic rings. The van der Waals surface area contributed by atoms with E-state index in [4.69, 9.17) is 4.74 Å². The van der Waals surface area contributed by atoms with Crippen molar-refractivity contribution in [1.82, 2.24) is 0 Å². The molecule has 2 heteroatoms. The van der Waals surface area contributed by atoms with Crippen molar-refractivity contribution in [3.63, 3.8) is 0 Å². The highest BCUT2D eigenvalue weighted by molar-refractivity contribution is 5.40. The third kappa shape index (κ3) is 3.99. The van der Waals surface area contributed by atoms with E-state index >= 15 is 0 Å². The van der Waals surface area contributed by atoms with Crippen LogP contribution in [0, 0.1) is 23.2 Å². The number of rotatable bonds is 4. The zero-order chi connectivity index (χ0) is 14.6. The lowest BCUT2D eigenvalue weighted by molar-refractivity contribution is 0.400. The number of benzene rings is 1. The highest BCUT2D eigenvalue weighted by Crippen LogP contribution is 2.30. The fourth-order valence-corrected chi connectivity index (χ4v) is 2.07. The molecule has 0 aromatic heterocycles. The summed E-state index contributed by atoms with van der Waals surface area (Å²) in [6, 6.07) is 8.72. The van der Waals surface area contributed by atoms with Gasteiger partial charge in [0.2, 0.25) is 0 Å². The molecule has 19 heavy (non-hydrogen) atoms. The summed E-state index contributed by atoms with van der Waals surface area (Å²) in [7, 11) is 1.69. The number of ether oxygens (including phenoxy) is 1. The van der Waals surface area contributed by atoms with Crippen LogP contribution in [0.3, 0.4) is 0 Å². The monoisotopic (exact) mass is 259 g/mol. The summed E-state index contributed by atoms with van der Waals surface area (Å²) in [4.78, 5) is 0. The summed E-state index contributed by atoms with van der Waals surface area (Å²) < 4.78 is 5.43. The maximum Gasteiger partial charge on any atom is 0.122 e. The second kappa shape index (κ2) is 6.10. The quantitative estimate of drug-likeness (QED) is 0.806. The highest BCUT2D eigenvalue weighted by atomic mass is 16.5. The van der Waals surface area contributed by atoms with E-state index in [1.54, 1.807) is 7.11 Å². The first-order valence-electron chi connectivity index (χ1n) is 6.86. The zero-order valence-electron chi connectivity index (χ0n) is 12.9. The molecule has 1 atom stereocenters. The average molecular weight is 259 g/mol. The first-order valence-corrected chi connectivity index (χ1v) is 6.86. The van der Waals surface area contributed by atoms with Crippen molar-refractivity contribution in [1.29, 1.82) is 5.26 Å². The molecule has 1 rings (SSSR count). The van der Waals surface area contributed by atoms with Crippen LogP contribution in [0.1, 0.15) is 45.7 Å². The lowest BCUT2D eigenvalue weighted by Crippen LogP contribution is -2.14. The van der Waals surface area contributed by atoms with Gasteiger partial charge in [-0.25, -0.2) is 0 Å². The lowest BCUT2D eigenvalue weighted by atomic mass is 9.83. The Balaban J connectivity index is 3.13. The van der Waals surface area contributed by atoms with Crippen molar-refractivity contribution in [2.45, 2.75) is 46.5 Å². The fourth-order valence-electron chi connectivity index (χ4n) is 2.07. The molecular formula is C17H25NO. The Kier molecular flexibility index (Phi) is 5.00. The standard InChI is InChI=1S/C17H25NO/c1-12(2)14(11-18)9-13-10-15(17(3,4)5)7-8-16(13)19-6/h7-8,10,12,14H,9H2,1-6H3. The van der Waals surface area contributed by atoms with Crippen LogP contribution < -0.4 is 4.74 Å². The molecule has 2 nitrogen and oxygen atoms in total. The van der Waals surface area contributed by atoms with Crippen molar-refractivity contribution < 1.29 is 4.74 Å². The van der Waals surface area contributed by atoms with Crippen molar-refractivity contribution in [3.8, 4) is 11.8 Å². The molecule has 0 fully saturated rings. The van der Waals surface area contributed by atoms with Crippen molar-refractivity contribution in [3.05, 3.63) is 29.3 Å². The molecule has 1 unspecified atom stereocenters. The fraction of sp³-hybridized carbons (Fsp3) is 0.588. The number of nitrogens with zero attached hydrogens (tertiary/aromatic N) is 1. The number of methoxy groups -OCH3 is 1. The summed E-state index contributed by atoms with van der Waals surface area (Å²) in [5, 5.41) is 9.26. The summed E-state index contributed by atoms with van der Waals surface area (Å²) >= 11 is 0. The van der Waals surface area contributed by atoms with Gasteiger partial charge in [-0.3, -0.25) is 0 Å². The molecule has 0 N–H and O–H groups in total. The van der Waals surface area contributed by atoms with Crippen LogP contribution in [0.25, 0.3) is 0 Å². The van der Waals surface area contributed by atoms with Gasteiger partial charge in [-0.2, -0.15) is 5.26 Å². The predicted octanol–water partition coefficient (Wildman–Crippen LogP) is 4.33. The molecule has 0 radical (unpaired) electrons. The normalized spacial score (nSPS) is 13.2. The molecule has 0 spiro atoms. The van der Waals surface area contributed by atoms with Gasteiger partial charge in [-0.1, -0.05) is 46.8 Å². The van der Waals surface area contributed by atoms with Crippen molar-refractivity contribution in [2.75, 3.05) is 7.11 Å². The van der Waals surface area contributed by atoms with Crippen molar-refractivity contribution >= 4 is 0 Å². The molecular weight excluding hydrogens is 234 g/mol. The third-order valence-electron chi connectivity index (χ3n) is 3.56. The topological polar surface area (TPSA) is 33.0 Å². The van der Waals surface area contributed by atoms with Gasteiger partial charge in [0.15, 0.2) is 0 Å². The first-order chi connectivity index (χ1) is 8.79. The largest absolute Gasteiger partial charge is 0.496 e. The Morgan fingerprint density at radius 1 is 1.26 bits per heavy atom. The molecule has 0 amide bonds. The van der Waals surface area contributed by atoms with Crippen LogP contribution in [0.2, 0.25) is 0 Å². The molecule has 0 aliphatic carbocycles. The summed E-state index contributed by atoms with van der Waals surface area (Å²) in [5.74, 6) is 1.27. The van der Waals surface area contributed by atoms with E-state index in [-0.39, 0.29) is 11.3 Å². The second-order valence-electron chi connectivity index (χ2n) is 6.46. The predicted molar refractivity (Wildman–Crippen MR) is 79.3 cm³/mol. The van der Waals surface area contributed by atoms with E-state index < -0.39 is 0 Å². The van der Waals surface area contributed by atoms with Gasteiger partial charge >= 0.3 is 0 Å². The molecule has 1 aromatic rings. The van der Waals surface area contributed by atoms with Crippen molar-refractivity contribution in [2.24, 2.45) is 11.8 Å². The van der Waals surface area contributed by atoms with Crippen LogP contribution >= 0.6 is 0 Å². The molecule has 0 aliphatic heterocycles. The highest BCUT2D eigenvalue weighted by Gasteiger charge is 2.19. The Morgan fingerprint density at radius 2 is 1.89 bits per heavy atom. The maximum atomic E-state index is 9.26. The summed E-state index contributed by atoms with van der Waals surface area (Å²) in [6.07, 6.45) is 0.751. The second-order valence-corrected chi connectivity index (χ2v) is 6.46. The smallest absolute Gasteiger partial charge is 0.122 e. The van der Waals surface area contributed by atoms with Crippen LogP contribution in [-0.4, -0.2) is 7.11 Å². The summed E-state index contributed by atoms with van der Waals surface area (Å²) in [5.41, 5.74) is 2.53. The SMILES string of the molecule is COc1ccc(C(C)(C)C)cc1CC(C#N)C(C)C. The van der Waals surface area contributed by atoms with Crippen LogP contribution in [-0.2, 0) is 11.8 Å². The minimum Gasteiger partial charge on any atom is -0.496 e. The van der Waals surface area contributed by atoms with Gasteiger partial charge < -0.3 is 4.74 Å². The minimum atomic E-state index is 0.0316. The van der Waals surface area contributed by atoms with E-state index in [9.17, 15) is 5.26 Å². The van der Waals surface area contributed by atoms with Gasteiger partial charge in [-0.05, 0) is 34.9 Å². The van der Waals surface area contributed by atoms with Gasteiger partial charge in [-0.15, -0.1) is 0 Å². The molecule has 0 bridgehead atoms. The average Bonchev–Trinajstić information content (AvgIpc) is 2.34. The van der Waals surface area contributed by atoms with Crippen LogP contribution in [0.5, 0.6) is 5.75 Å². The van der Waals surface area contributed by atoms with Gasteiger partial charge in [0.05, 0.1) is 19.1 Å². The third-order valence-corrected chi connectivity index (χ3v) is 3.56. The number of hydrogen-bond acceptors (Lipinski definition) is 2.